The molecule has 4 rings (SSSR count). The summed E-state index contributed by atoms with van der Waals surface area (Å²) in [6.07, 6.45) is -3.18. The van der Waals surface area contributed by atoms with Crippen LogP contribution in [0.2, 0.25) is 5.02 Å². The minimum Gasteiger partial charge on any atom is -0.459 e. The van der Waals surface area contributed by atoms with Crippen molar-refractivity contribution >= 4 is 33.5 Å². The van der Waals surface area contributed by atoms with E-state index < -0.39 is 21.8 Å². The van der Waals surface area contributed by atoms with Gasteiger partial charge in [0.2, 0.25) is 10.0 Å². The highest BCUT2D eigenvalue weighted by Crippen LogP contribution is 2.31. The van der Waals surface area contributed by atoms with Crippen molar-refractivity contribution < 1.29 is 26.0 Å². The minimum atomic E-state index is -4.47. The van der Waals surface area contributed by atoms with Crippen LogP contribution in [0.25, 0.3) is 0 Å². The van der Waals surface area contributed by atoms with E-state index in [-0.39, 0.29) is 29.4 Å². The van der Waals surface area contributed by atoms with Crippen molar-refractivity contribution in [1.82, 2.24) is 4.31 Å². The maximum atomic E-state index is 13.5. The molecule has 3 aromatic carbocycles. The number of hydrogen-bond acceptors (Lipinski definition) is 4. The summed E-state index contributed by atoms with van der Waals surface area (Å²) in [4.78, 5) is 4.20. The lowest BCUT2D eigenvalue weighted by Gasteiger charge is -2.21. The lowest BCUT2D eigenvalue weighted by atomic mass is 10.2. The zero-order valence-corrected chi connectivity index (χ0v) is 21.2. The lowest BCUT2D eigenvalue weighted by Crippen LogP contribution is -2.30. The Hall–Kier alpha value is -3.40. The summed E-state index contributed by atoms with van der Waals surface area (Å²) in [5.41, 5.74) is 0.970. The predicted molar refractivity (Wildman–Crippen MR) is 136 cm³/mol. The zero-order valence-electron chi connectivity index (χ0n) is 19.6. The molecule has 1 heterocycles. The van der Waals surface area contributed by atoms with E-state index in [4.69, 9.17) is 16.0 Å². The molecule has 192 valence electrons. The van der Waals surface area contributed by atoms with Gasteiger partial charge in [-0.3, -0.25) is 4.99 Å². The lowest BCUT2D eigenvalue weighted by molar-refractivity contribution is -0.137. The van der Waals surface area contributed by atoms with Crippen molar-refractivity contribution in [2.45, 2.75) is 31.1 Å². The van der Waals surface area contributed by atoms with Gasteiger partial charge in [-0.05, 0) is 67.1 Å². The standard InChI is InChI=1S/C27H22ClF3N2O3S/c1-19-5-13-26(14-6-19)37(34,35)33(17-20-7-9-22(28)10-8-20)18-25-12-11-24(36-25)16-32-23-4-2-3-21(15-23)27(29,30)31/h2-16H,17-18H2,1H3. The van der Waals surface area contributed by atoms with Crippen LogP contribution in [0, 0.1) is 6.92 Å². The first-order valence-corrected chi connectivity index (χ1v) is 12.9. The predicted octanol–water partition coefficient (Wildman–Crippen LogP) is 7.40. The van der Waals surface area contributed by atoms with Gasteiger partial charge < -0.3 is 4.42 Å². The summed E-state index contributed by atoms with van der Waals surface area (Å²) < 4.78 is 72.8. The van der Waals surface area contributed by atoms with Crippen LogP contribution in [0.1, 0.15) is 28.2 Å². The molecule has 0 atom stereocenters. The summed E-state index contributed by atoms with van der Waals surface area (Å²) in [6, 6.07) is 21.2. The minimum absolute atomic E-state index is 0.0712. The average Bonchev–Trinajstić information content (AvgIpc) is 3.31. The van der Waals surface area contributed by atoms with Gasteiger partial charge in [0, 0.05) is 11.6 Å². The van der Waals surface area contributed by atoms with Gasteiger partial charge >= 0.3 is 6.18 Å². The molecule has 0 fully saturated rings. The van der Waals surface area contributed by atoms with E-state index >= 15 is 0 Å². The highest BCUT2D eigenvalue weighted by Gasteiger charge is 2.30. The van der Waals surface area contributed by atoms with Gasteiger partial charge in [-0.1, -0.05) is 47.5 Å². The first-order chi connectivity index (χ1) is 17.5. The Labute approximate surface area is 217 Å². The second-order valence-electron chi connectivity index (χ2n) is 8.32. The molecule has 0 radical (unpaired) electrons. The molecule has 0 unspecified atom stereocenters. The van der Waals surface area contributed by atoms with Crippen LogP contribution in [-0.4, -0.2) is 18.9 Å². The molecule has 0 aliphatic carbocycles. The van der Waals surface area contributed by atoms with E-state index in [2.05, 4.69) is 4.99 Å². The number of alkyl halides is 3. The molecule has 0 saturated heterocycles. The smallest absolute Gasteiger partial charge is 0.416 e. The van der Waals surface area contributed by atoms with Gasteiger partial charge in [-0.2, -0.15) is 17.5 Å². The van der Waals surface area contributed by atoms with E-state index in [0.29, 0.717) is 10.8 Å². The molecule has 0 aliphatic rings. The van der Waals surface area contributed by atoms with E-state index in [1.165, 1.54) is 22.7 Å². The number of halogens is 4. The van der Waals surface area contributed by atoms with Crippen LogP contribution in [0.4, 0.5) is 18.9 Å². The monoisotopic (exact) mass is 546 g/mol. The topological polar surface area (TPSA) is 62.9 Å². The zero-order chi connectivity index (χ0) is 26.6. The second-order valence-corrected chi connectivity index (χ2v) is 10.7. The van der Waals surface area contributed by atoms with E-state index in [1.807, 2.05) is 6.92 Å². The fourth-order valence-electron chi connectivity index (χ4n) is 3.50. The summed E-state index contributed by atoms with van der Waals surface area (Å²) >= 11 is 5.97. The van der Waals surface area contributed by atoms with Crippen molar-refractivity contribution in [2.24, 2.45) is 4.99 Å². The molecule has 0 amide bonds. The molecule has 4 aromatic rings. The van der Waals surface area contributed by atoms with Gasteiger partial charge in [0.05, 0.1) is 28.9 Å². The maximum absolute atomic E-state index is 13.5. The molecule has 0 bridgehead atoms. The number of aliphatic imine (C=N–C) groups is 1. The molecule has 0 aliphatic heterocycles. The number of hydrogen-bond donors (Lipinski definition) is 0. The number of aryl methyl sites for hydroxylation is 1. The van der Waals surface area contributed by atoms with Crippen molar-refractivity contribution in [3.05, 3.63) is 118 Å². The number of benzene rings is 3. The molecule has 5 nitrogen and oxygen atoms in total. The quantitative estimate of drug-likeness (QED) is 0.216. The molecule has 1 aromatic heterocycles. The van der Waals surface area contributed by atoms with Crippen LogP contribution < -0.4 is 0 Å². The van der Waals surface area contributed by atoms with Gasteiger partial charge in [-0.15, -0.1) is 0 Å². The molecule has 0 N–H and O–H groups in total. The largest absolute Gasteiger partial charge is 0.459 e. The molecule has 0 saturated carbocycles. The van der Waals surface area contributed by atoms with Gasteiger partial charge in [0.25, 0.3) is 0 Å². The fraction of sp³-hybridized carbons (Fsp3) is 0.148. The maximum Gasteiger partial charge on any atom is 0.416 e. The van der Waals surface area contributed by atoms with Crippen molar-refractivity contribution in [1.29, 1.82) is 0 Å². The first kappa shape index (κ1) is 26.7. The Morgan fingerprint density at radius 3 is 2.32 bits per heavy atom. The molecule has 37 heavy (non-hydrogen) atoms. The third-order valence-corrected chi connectivity index (χ3v) is 7.52. The van der Waals surface area contributed by atoms with Crippen molar-refractivity contribution in [3.8, 4) is 0 Å². The normalized spacial score (nSPS) is 12.5. The van der Waals surface area contributed by atoms with Crippen LogP contribution >= 0.6 is 11.6 Å². The van der Waals surface area contributed by atoms with E-state index in [9.17, 15) is 21.6 Å². The summed E-state index contributed by atoms with van der Waals surface area (Å²) in [6.45, 7) is 1.87. The fourth-order valence-corrected chi connectivity index (χ4v) is 5.02. The highest BCUT2D eigenvalue weighted by atomic mass is 35.5. The SMILES string of the molecule is Cc1ccc(S(=O)(=O)N(Cc2ccc(Cl)cc2)Cc2ccc(C=Nc3cccc(C(F)(F)F)c3)o2)cc1. The van der Waals surface area contributed by atoms with Crippen molar-refractivity contribution in [3.63, 3.8) is 0 Å². The number of nitrogens with zero attached hydrogens (tertiary/aromatic N) is 2. The molecular formula is C27H22ClF3N2O3S. The highest BCUT2D eigenvalue weighted by molar-refractivity contribution is 7.89. The Morgan fingerprint density at radius 2 is 1.65 bits per heavy atom. The molecule has 0 spiro atoms. The number of furan rings is 1. The van der Waals surface area contributed by atoms with Crippen LogP contribution in [0.15, 0.2) is 99.2 Å². The summed E-state index contributed by atoms with van der Waals surface area (Å²) in [5.74, 6) is 0.613. The van der Waals surface area contributed by atoms with Gasteiger partial charge in [-0.25, -0.2) is 8.42 Å². The average molecular weight is 547 g/mol. The third-order valence-electron chi connectivity index (χ3n) is 5.46. The first-order valence-electron chi connectivity index (χ1n) is 11.1. The van der Waals surface area contributed by atoms with Crippen LogP contribution in [-0.2, 0) is 29.3 Å². The second kappa shape index (κ2) is 10.9. The van der Waals surface area contributed by atoms with Crippen molar-refractivity contribution in [2.75, 3.05) is 0 Å². The van der Waals surface area contributed by atoms with Gasteiger partial charge in [0.15, 0.2) is 0 Å². The summed E-state index contributed by atoms with van der Waals surface area (Å²) in [7, 11) is -3.89. The number of rotatable bonds is 8. The number of sulfonamides is 1. The molecule has 10 heteroatoms. The Kier molecular flexibility index (Phi) is 7.87. The van der Waals surface area contributed by atoms with Crippen LogP contribution in [0.3, 0.4) is 0 Å². The van der Waals surface area contributed by atoms with Crippen LogP contribution in [0.5, 0.6) is 0 Å². The summed E-state index contributed by atoms with van der Waals surface area (Å²) in [5, 5.41) is 0.535. The van der Waals surface area contributed by atoms with E-state index in [1.54, 1.807) is 60.7 Å². The van der Waals surface area contributed by atoms with E-state index in [0.717, 1.165) is 23.3 Å². The molecular weight excluding hydrogens is 525 g/mol. The Balaban J connectivity index is 1.58. The third kappa shape index (κ3) is 6.88. The van der Waals surface area contributed by atoms with Gasteiger partial charge in [0.1, 0.15) is 11.5 Å². The Morgan fingerprint density at radius 1 is 0.946 bits per heavy atom. The Bertz CT molecular complexity index is 1500.